The third kappa shape index (κ3) is 7.35. The van der Waals surface area contributed by atoms with Gasteiger partial charge in [0.15, 0.2) is 26.4 Å². The van der Waals surface area contributed by atoms with Gasteiger partial charge in [0, 0.05) is 12.5 Å². The van der Waals surface area contributed by atoms with Crippen molar-refractivity contribution in [3.8, 4) is 0 Å². The van der Waals surface area contributed by atoms with Crippen molar-refractivity contribution in [2.75, 3.05) is 11.1 Å². The standard InChI is InChI=1S/C25H27N5O6S2/c1-2-8-18(13-22-28-19-11-6-7-12-21(19)36-22)27-24(31)20(29-25-26-14-23(37-25)30(32)33)16-38(34,35)15-17-9-4-3-5-10-17/h3-7,9-12,14,18,20H,2,8,13,15-16H2,1H3,(H,26,29)(H,27,31)/t18-,20-/m0/s1. The molecule has 2 atom stereocenters. The van der Waals surface area contributed by atoms with Crippen LogP contribution in [0.15, 0.2) is 65.2 Å². The lowest BCUT2D eigenvalue weighted by Crippen LogP contribution is -2.48. The average molecular weight is 558 g/mol. The highest BCUT2D eigenvalue weighted by atomic mass is 32.2. The molecule has 200 valence electrons. The zero-order valence-corrected chi connectivity index (χ0v) is 22.2. The van der Waals surface area contributed by atoms with Gasteiger partial charge in [-0.3, -0.25) is 14.9 Å². The molecule has 0 aliphatic rings. The molecule has 0 unspecified atom stereocenters. The molecular weight excluding hydrogens is 530 g/mol. The highest BCUT2D eigenvalue weighted by molar-refractivity contribution is 7.90. The smallest absolute Gasteiger partial charge is 0.345 e. The van der Waals surface area contributed by atoms with Gasteiger partial charge >= 0.3 is 5.00 Å². The van der Waals surface area contributed by atoms with Gasteiger partial charge in [-0.25, -0.2) is 18.4 Å². The van der Waals surface area contributed by atoms with Crippen molar-refractivity contribution < 1.29 is 22.6 Å². The van der Waals surface area contributed by atoms with E-state index >= 15 is 0 Å². The van der Waals surface area contributed by atoms with Crippen LogP contribution in [0.2, 0.25) is 0 Å². The number of oxazole rings is 1. The molecule has 2 N–H and O–H groups in total. The molecular formula is C25H27N5O6S2. The maximum Gasteiger partial charge on any atom is 0.345 e. The fourth-order valence-corrected chi connectivity index (χ4v) is 6.23. The largest absolute Gasteiger partial charge is 0.441 e. The number of benzene rings is 2. The molecule has 0 spiro atoms. The Kier molecular flexibility index (Phi) is 8.69. The van der Waals surface area contributed by atoms with Gasteiger partial charge in [-0.1, -0.05) is 55.8 Å². The first-order valence-corrected chi connectivity index (χ1v) is 14.6. The normalized spacial score (nSPS) is 13.2. The summed E-state index contributed by atoms with van der Waals surface area (Å²) in [5, 5.41) is 16.7. The molecule has 0 saturated heterocycles. The number of aromatic nitrogens is 2. The Morgan fingerprint density at radius 3 is 2.58 bits per heavy atom. The number of anilines is 1. The van der Waals surface area contributed by atoms with Crippen LogP contribution in [0.4, 0.5) is 10.1 Å². The lowest BCUT2D eigenvalue weighted by atomic mass is 10.1. The van der Waals surface area contributed by atoms with Crippen molar-refractivity contribution in [3.63, 3.8) is 0 Å². The predicted octanol–water partition coefficient (Wildman–Crippen LogP) is 4.12. The first kappa shape index (κ1) is 27.2. The zero-order chi connectivity index (χ0) is 27.1. The van der Waals surface area contributed by atoms with Crippen molar-refractivity contribution in [1.82, 2.24) is 15.3 Å². The highest BCUT2D eigenvalue weighted by Gasteiger charge is 2.29. The van der Waals surface area contributed by atoms with Crippen LogP contribution in [-0.4, -0.2) is 47.1 Å². The molecule has 0 aliphatic heterocycles. The molecule has 2 aromatic heterocycles. The summed E-state index contributed by atoms with van der Waals surface area (Å²) in [5.41, 5.74) is 1.94. The van der Waals surface area contributed by atoms with E-state index < -0.39 is 32.5 Å². The Labute approximate surface area is 223 Å². The number of rotatable bonds is 13. The Hall–Kier alpha value is -3.84. The number of para-hydroxylation sites is 2. The minimum absolute atomic E-state index is 0.0813. The predicted molar refractivity (Wildman–Crippen MR) is 145 cm³/mol. The maximum atomic E-state index is 13.4. The molecule has 11 nitrogen and oxygen atoms in total. The molecule has 1 amide bonds. The minimum atomic E-state index is -3.74. The molecule has 0 saturated carbocycles. The monoisotopic (exact) mass is 557 g/mol. The minimum Gasteiger partial charge on any atom is -0.441 e. The van der Waals surface area contributed by atoms with Crippen LogP contribution in [0.5, 0.6) is 0 Å². The molecule has 2 aromatic carbocycles. The number of hydrogen-bond acceptors (Lipinski definition) is 10. The average Bonchev–Trinajstić information content (AvgIpc) is 3.50. The first-order valence-electron chi connectivity index (χ1n) is 12.0. The molecule has 0 aliphatic carbocycles. The molecule has 4 aromatic rings. The van der Waals surface area contributed by atoms with Crippen LogP contribution >= 0.6 is 11.3 Å². The Morgan fingerprint density at radius 1 is 1.16 bits per heavy atom. The number of hydrogen-bond donors (Lipinski definition) is 2. The lowest BCUT2D eigenvalue weighted by molar-refractivity contribution is -0.380. The molecule has 0 radical (unpaired) electrons. The van der Waals surface area contributed by atoms with Crippen LogP contribution in [0, 0.1) is 10.1 Å². The second-order valence-electron chi connectivity index (χ2n) is 8.77. The van der Waals surface area contributed by atoms with Crippen molar-refractivity contribution in [2.24, 2.45) is 0 Å². The molecule has 0 bridgehead atoms. The molecule has 2 heterocycles. The Morgan fingerprint density at radius 2 is 1.89 bits per heavy atom. The van der Waals surface area contributed by atoms with Gasteiger partial charge in [0.05, 0.1) is 16.4 Å². The summed E-state index contributed by atoms with van der Waals surface area (Å²) in [6, 6.07) is 14.4. The van der Waals surface area contributed by atoms with E-state index in [2.05, 4.69) is 20.6 Å². The highest BCUT2D eigenvalue weighted by Crippen LogP contribution is 2.26. The second kappa shape index (κ2) is 12.1. The number of nitro groups is 1. The molecule has 38 heavy (non-hydrogen) atoms. The fourth-order valence-electron chi connectivity index (χ4n) is 3.98. The van der Waals surface area contributed by atoms with Crippen molar-refractivity contribution in [3.05, 3.63) is 82.4 Å². The lowest BCUT2D eigenvalue weighted by Gasteiger charge is -2.22. The number of nitrogens with one attached hydrogen (secondary N) is 2. The zero-order valence-electron chi connectivity index (χ0n) is 20.6. The van der Waals surface area contributed by atoms with Crippen molar-refractivity contribution in [1.29, 1.82) is 0 Å². The SMILES string of the molecule is CCC[C@@H](Cc1nc2ccccc2o1)NC(=O)[C@H](CS(=O)(=O)Cc1ccccc1)Nc1ncc([N+](=O)[O-])s1. The van der Waals surface area contributed by atoms with E-state index in [-0.39, 0.29) is 21.9 Å². The van der Waals surface area contributed by atoms with Crippen LogP contribution in [0.3, 0.4) is 0 Å². The molecule has 4 rings (SSSR count). The summed E-state index contributed by atoms with van der Waals surface area (Å²) >= 11 is 0.730. The number of fused-ring (bicyclic) bond motifs is 1. The van der Waals surface area contributed by atoms with Gasteiger partial charge in [0.2, 0.25) is 5.91 Å². The van der Waals surface area contributed by atoms with E-state index in [1.165, 1.54) is 0 Å². The van der Waals surface area contributed by atoms with E-state index in [0.29, 0.717) is 35.4 Å². The quantitative estimate of drug-likeness (QED) is 0.182. The fraction of sp³-hybridized carbons (Fsp3) is 0.320. The van der Waals surface area contributed by atoms with Crippen LogP contribution in [0.25, 0.3) is 11.1 Å². The van der Waals surface area contributed by atoms with Gasteiger partial charge in [0.25, 0.3) is 0 Å². The van der Waals surface area contributed by atoms with Gasteiger partial charge in [-0.15, -0.1) is 0 Å². The number of nitrogens with zero attached hydrogens (tertiary/aromatic N) is 3. The summed E-state index contributed by atoms with van der Waals surface area (Å²) in [7, 11) is -3.74. The van der Waals surface area contributed by atoms with Gasteiger partial charge in [-0.2, -0.15) is 0 Å². The van der Waals surface area contributed by atoms with Crippen LogP contribution in [0.1, 0.15) is 31.2 Å². The van der Waals surface area contributed by atoms with Crippen LogP contribution < -0.4 is 10.6 Å². The van der Waals surface area contributed by atoms with E-state index in [1.807, 2.05) is 31.2 Å². The summed E-state index contributed by atoms with van der Waals surface area (Å²) in [5.74, 6) is -0.877. The van der Waals surface area contributed by atoms with Gasteiger partial charge in [0.1, 0.15) is 17.8 Å². The summed E-state index contributed by atoms with van der Waals surface area (Å²) in [4.78, 5) is 32.3. The van der Waals surface area contributed by atoms with E-state index in [0.717, 1.165) is 24.0 Å². The summed E-state index contributed by atoms with van der Waals surface area (Å²) < 4.78 is 31.9. The maximum absolute atomic E-state index is 13.4. The van der Waals surface area contributed by atoms with E-state index in [1.54, 1.807) is 30.3 Å². The number of sulfone groups is 1. The second-order valence-corrected chi connectivity index (χ2v) is 11.9. The third-order valence-electron chi connectivity index (χ3n) is 5.68. The topological polar surface area (TPSA) is 157 Å². The van der Waals surface area contributed by atoms with E-state index in [9.17, 15) is 23.3 Å². The Balaban J connectivity index is 1.53. The number of carbonyl (C=O) groups is 1. The van der Waals surface area contributed by atoms with Crippen molar-refractivity contribution >= 4 is 48.3 Å². The van der Waals surface area contributed by atoms with Gasteiger partial charge in [-0.05, 0) is 35.5 Å². The van der Waals surface area contributed by atoms with Crippen LogP contribution in [-0.2, 0) is 26.8 Å². The first-order chi connectivity index (χ1) is 18.2. The number of carbonyl (C=O) groups excluding carboxylic acids is 1. The summed E-state index contributed by atoms with van der Waals surface area (Å²) in [6.07, 6.45) is 2.75. The number of amides is 1. The van der Waals surface area contributed by atoms with Crippen molar-refractivity contribution in [2.45, 2.75) is 44.0 Å². The number of thiazole rings is 1. The molecule has 13 heteroatoms. The third-order valence-corrected chi connectivity index (χ3v) is 8.17. The van der Waals surface area contributed by atoms with E-state index in [4.69, 9.17) is 4.42 Å². The molecule has 0 fully saturated rings. The van der Waals surface area contributed by atoms with Gasteiger partial charge < -0.3 is 15.1 Å². The Bertz CT molecular complexity index is 1470. The summed E-state index contributed by atoms with van der Waals surface area (Å²) in [6.45, 7) is 1.97.